The molecule has 0 saturated carbocycles. The van der Waals surface area contributed by atoms with E-state index in [1.54, 1.807) is 18.3 Å². The fraction of sp³-hybridized carbons (Fsp3) is 0.310. The summed E-state index contributed by atoms with van der Waals surface area (Å²) in [5.41, 5.74) is 4.69. The summed E-state index contributed by atoms with van der Waals surface area (Å²) in [6.07, 6.45) is 3.66. The highest BCUT2D eigenvalue weighted by Crippen LogP contribution is 2.31. The number of benzene rings is 1. The van der Waals surface area contributed by atoms with E-state index in [9.17, 15) is 15.2 Å². The molecule has 10 nitrogen and oxygen atoms in total. The molecule has 1 fully saturated rings. The Morgan fingerprint density at radius 1 is 1.25 bits per heavy atom. The minimum absolute atomic E-state index is 0.103. The molecular formula is C29H29ClN8O2. The van der Waals surface area contributed by atoms with Crippen LogP contribution in [-0.4, -0.2) is 61.6 Å². The second kappa shape index (κ2) is 11.4. The van der Waals surface area contributed by atoms with Crippen LogP contribution in [0.4, 0.5) is 11.5 Å². The smallest absolute Gasteiger partial charge is 0.356 e. The third-order valence-electron chi connectivity index (χ3n) is 7.05. The molecule has 3 aromatic heterocycles. The first-order chi connectivity index (χ1) is 19.2. The summed E-state index contributed by atoms with van der Waals surface area (Å²) in [5, 5.41) is 23.0. The van der Waals surface area contributed by atoms with Crippen molar-refractivity contribution in [2.75, 3.05) is 29.9 Å². The number of aromatic nitrogens is 4. The number of anilines is 2. The monoisotopic (exact) mass is 556 g/mol. The van der Waals surface area contributed by atoms with Gasteiger partial charge in [-0.3, -0.25) is 9.88 Å². The van der Waals surface area contributed by atoms with Crippen LogP contribution in [0.3, 0.4) is 0 Å². The first kappa shape index (κ1) is 27.2. The maximum atomic E-state index is 11.8. The predicted molar refractivity (Wildman–Crippen MR) is 154 cm³/mol. The van der Waals surface area contributed by atoms with Gasteiger partial charge in [0.25, 0.3) is 0 Å². The number of carboxylic acid groups (broad SMARTS) is 1. The fourth-order valence-electron chi connectivity index (χ4n) is 5.20. The van der Waals surface area contributed by atoms with E-state index in [-0.39, 0.29) is 28.6 Å². The van der Waals surface area contributed by atoms with Crippen LogP contribution in [0.2, 0.25) is 5.15 Å². The van der Waals surface area contributed by atoms with Crippen LogP contribution in [0.15, 0.2) is 48.8 Å². The lowest BCUT2D eigenvalue weighted by molar-refractivity contribution is 0.0691. The molecule has 0 amide bonds. The van der Waals surface area contributed by atoms with Gasteiger partial charge in [-0.1, -0.05) is 23.7 Å². The van der Waals surface area contributed by atoms with Gasteiger partial charge in [-0.05, 0) is 56.2 Å². The Bertz CT molecular complexity index is 1610. The van der Waals surface area contributed by atoms with Crippen molar-refractivity contribution in [1.29, 1.82) is 5.26 Å². The lowest BCUT2D eigenvalue weighted by Crippen LogP contribution is -2.52. The third-order valence-corrected chi connectivity index (χ3v) is 7.26. The van der Waals surface area contributed by atoms with Gasteiger partial charge in [0.05, 0.1) is 22.8 Å². The van der Waals surface area contributed by atoms with Crippen LogP contribution in [0.1, 0.15) is 52.8 Å². The molecule has 0 aliphatic carbocycles. The highest BCUT2D eigenvalue weighted by Gasteiger charge is 2.28. The van der Waals surface area contributed by atoms with Gasteiger partial charge in [0.15, 0.2) is 17.2 Å². The van der Waals surface area contributed by atoms with E-state index in [0.29, 0.717) is 29.1 Å². The lowest BCUT2D eigenvalue weighted by atomic mass is 10.0. The molecule has 1 unspecified atom stereocenters. The fourth-order valence-corrected chi connectivity index (χ4v) is 5.34. The molecule has 40 heavy (non-hydrogen) atoms. The minimum atomic E-state index is -1.18. The number of aryl methyl sites for hydroxylation is 1. The Balaban J connectivity index is 1.47. The van der Waals surface area contributed by atoms with E-state index in [2.05, 4.69) is 44.1 Å². The van der Waals surface area contributed by atoms with Crippen molar-refractivity contribution in [2.24, 2.45) is 0 Å². The topological polar surface area (TPSA) is 131 Å². The Kier molecular flexibility index (Phi) is 7.78. The van der Waals surface area contributed by atoms with Gasteiger partial charge in [-0.25, -0.2) is 19.7 Å². The number of carbonyl (C=O) groups is 1. The SMILES string of the molecule is Cc1cc([C@@H](C)Nc2ccc(Cl)nc2C(=O)O)c2nc(N3CCN(Cc4cccnc4)CC3C)c(C#N)nc2c1. The molecule has 2 N–H and O–H groups in total. The molecule has 1 aliphatic heterocycles. The summed E-state index contributed by atoms with van der Waals surface area (Å²) in [6, 6.07) is 13.1. The van der Waals surface area contributed by atoms with E-state index >= 15 is 0 Å². The molecule has 1 aromatic carbocycles. The maximum absolute atomic E-state index is 11.8. The summed E-state index contributed by atoms with van der Waals surface area (Å²) in [4.78, 5) is 34.2. The molecule has 4 aromatic rings. The van der Waals surface area contributed by atoms with Gasteiger partial charge < -0.3 is 15.3 Å². The van der Waals surface area contributed by atoms with Crippen molar-refractivity contribution in [3.63, 3.8) is 0 Å². The largest absolute Gasteiger partial charge is 0.476 e. The number of piperazine rings is 1. The summed E-state index contributed by atoms with van der Waals surface area (Å²) in [5.74, 6) is -0.621. The highest BCUT2D eigenvalue weighted by molar-refractivity contribution is 6.29. The molecule has 11 heteroatoms. The zero-order valence-corrected chi connectivity index (χ0v) is 23.2. The van der Waals surface area contributed by atoms with Gasteiger partial charge in [0.1, 0.15) is 11.2 Å². The average Bonchev–Trinajstić information content (AvgIpc) is 2.93. The second-order valence-corrected chi connectivity index (χ2v) is 10.5. The second-order valence-electron chi connectivity index (χ2n) is 10.1. The van der Waals surface area contributed by atoms with E-state index in [1.165, 1.54) is 0 Å². The summed E-state index contributed by atoms with van der Waals surface area (Å²) >= 11 is 5.94. The van der Waals surface area contributed by atoms with Crippen molar-refractivity contribution in [1.82, 2.24) is 24.8 Å². The summed E-state index contributed by atoms with van der Waals surface area (Å²) in [6.45, 7) is 9.13. The normalized spacial score (nSPS) is 16.5. The highest BCUT2D eigenvalue weighted by atomic mass is 35.5. The predicted octanol–water partition coefficient (Wildman–Crippen LogP) is 4.84. The summed E-state index contributed by atoms with van der Waals surface area (Å²) in [7, 11) is 0. The number of halogens is 1. The maximum Gasteiger partial charge on any atom is 0.356 e. The van der Waals surface area contributed by atoms with Crippen LogP contribution in [0.5, 0.6) is 0 Å². The van der Waals surface area contributed by atoms with Crippen LogP contribution in [0, 0.1) is 18.3 Å². The van der Waals surface area contributed by atoms with Crippen molar-refractivity contribution in [3.05, 3.63) is 82.0 Å². The zero-order valence-electron chi connectivity index (χ0n) is 22.5. The third kappa shape index (κ3) is 5.66. The number of fused-ring (bicyclic) bond motifs is 1. The number of carboxylic acids is 1. The van der Waals surface area contributed by atoms with Gasteiger partial charge in [0.2, 0.25) is 0 Å². The number of nitrogens with zero attached hydrogens (tertiary/aromatic N) is 7. The van der Waals surface area contributed by atoms with Crippen molar-refractivity contribution in [3.8, 4) is 6.07 Å². The molecule has 5 rings (SSSR count). The lowest BCUT2D eigenvalue weighted by Gasteiger charge is -2.40. The molecule has 4 heterocycles. The van der Waals surface area contributed by atoms with E-state index in [1.807, 2.05) is 38.2 Å². The van der Waals surface area contributed by atoms with Gasteiger partial charge in [-0.15, -0.1) is 0 Å². The van der Waals surface area contributed by atoms with Crippen LogP contribution in [0.25, 0.3) is 11.0 Å². The van der Waals surface area contributed by atoms with E-state index in [4.69, 9.17) is 21.6 Å². The van der Waals surface area contributed by atoms with Crippen LogP contribution < -0.4 is 10.2 Å². The molecule has 1 saturated heterocycles. The quantitative estimate of drug-likeness (QED) is 0.305. The van der Waals surface area contributed by atoms with Crippen molar-refractivity contribution >= 4 is 40.1 Å². The molecule has 0 bridgehead atoms. The Morgan fingerprint density at radius 3 is 2.77 bits per heavy atom. The minimum Gasteiger partial charge on any atom is -0.476 e. The zero-order chi connectivity index (χ0) is 28.4. The number of aromatic carboxylic acids is 1. The summed E-state index contributed by atoms with van der Waals surface area (Å²) < 4.78 is 0. The van der Waals surface area contributed by atoms with Crippen LogP contribution >= 0.6 is 11.6 Å². The van der Waals surface area contributed by atoms with E-state index in [0.717, 1.165) is 36.3 Å². The number of hydrogen-bond acceptors (Lipinski definition) is 9. The number of rotatable bonds is 7. The Morgan fingerprint density at radius 2 is 2.08 bits per heavy atom. The molecular weight excluding hydrogens is 528 g/mol. The average molecular weight is 557 g/mol. The molecule has 204 valence electrons. The molecule has 0 spiro atoms. The van der Waals surface area contributed by atoms with Crippen molar-refractivity contribution < 1.29 is 9.90 Å². The number of hydrogen-bond donors (Lipinski definition) is 2. The van der Waals surface area contributed by atoms with Gasteiger partial charge in [-0.2, -0.15) is 5.26 Å². The Hall–Kier alpha value is -4.33. The number of pyridine rings is 2. The molecule has 2 atom stereocenters. The number of nitriles is 1. The van der Waals surface area contributed by atoms with Gasteiger partial charge in [0, 0.05) is 50.2 Å². The van der Waals surface area contributed by atoms with E-state index < -0.39 is 5.97 Å². The molecule has 0 radical (unpaired) electrons. The first-order valence-electron chi connectivity index (χ1n) is 13.0. The van der Waals surface area contributed by atoms with Crippen molar-refractivity contribution in [2.45, 2.75) is 39.4 Å². The standard InChI is InChI=1S/C29H29ClN8O2/c1-17-11-21(19(3)33-22-6-7-25(30)35-27(22)29(39)40)26-23(12-17)34-24(13-31)28(36-26)38-10-9-37(15-18(38)2)16-20-5-4-8-32-14-20/h4-8,11-12,14,18-19,33H,9-10,15-16H2,1-3H3,(H,39,40)/t18?,19-/m1/s1. The Labute approximate surface area is 237 Å². The van der Waals surface area contributed by atoms with Crippen LogP contribution in [-0.2, 0) is 6.54 Å². The first-order valence-corrected chi connectivity index (χ1v) is 13.4. The molecule has 1 aliphatic rings. The number of nitrogens with one attached hydrogen (secondary N) is 1. The van der Waals surface area contributed by atoms with Gasteiger partial charge >= 0.3 is 5.97 Å².